The van der Waals surface area contributed by atoms with Crippen LogP contribution >= 0.6 is 0 Å². The van der Waals surface area contributed by atoms with E-state index in [-0.39, 0.29) is 11.7 Å². The lowest BCUT2D eigenvalue weighted by molar-refractivity contribution is -0.121. The number of hydrogen-bond acceptors (Lipinski definition) is 4. The van der Waals surface area contributed by atoms with Crippen LogP contribution in [0.2, 0.25) is 0 Å². The summed E-state index contributed by atoms with van der Waals surface area (Å²) in [4.78, 5) is 14.0. The Labute approximate surface area is 160 Å². The molecule has 0 spiro atoms. The molecule has 0 bridgehead atoms. The minimum absolute atomic E-state index is 0.0109. The lowest BCUT2D eigenvalue weighted by Crippen LogP contribution is -2.32. The van der Waals surface area contributed by atoms with Crippen molar-refractivity contribution >= 4 is 5.91 Å². The summed E-state index contributed by atoms with van der Waals surface area (Å²) in [6, 6.07) is 12.0. The summed E-state index contributed by atoms with van der Waals surface area (Å²) in [5, 5.41) is 13.3. The van der Waals surface area contributed by atoms with Gasteiger partial charge in [-0.3, -0.25) is 9.69 Å². The van der Waals surface area contributed by atoms with Gasteiger partial charge in [-0.05, 0) is 35.7 Å². The third-order valence-electron chi connectivity index (χ3n) is 4.75. The molecule has 2 aromatic rings. The SMILES string of the molecule is C=CCNC(=O)CCN1CCOc2c(O)cc(-c3ccccc3C)cc2C1. The topological polar surface area (TPSA) is 61.8 Å². The summed E-state index contributed by atoms with van der Waals surface area (Å²) in [5.41, 5.74) is 4.16. The number of phenolic OH excluding ortho intramolecular Hbond substituents is 1. The molecule has 5 heteroatoms. The van der Waals surface area contributed by atoms with E-state index >= 15 is 0 Å². The van der Waals surface area contributed by atoms with Crippen LogP contribution in [0.1, 0.15) is 17.5 Å². The quantitative estimate of drug-likeness (QED) is 0.771. The lowest BCUT2D eigenvalue weighted by atomic mass is 9.98. The average Bonchev–Trinajstić information content (AvgIpc) is 2.87. The number of rotatable bonds is 6. The second-order valence-corrected chi connectivity index (χ2v) is 6.77. The van der Waals surface area contributed by atoms with Gasteiger partial charge in [-0.2, -0.15) is 0 Å². The molecule has 0 fully saturated rings. The van der Waals surface area contributed by atoms with E-state index in [4.69, 9.17) is 4.74 Å². The zero-order valence-corrected chi connectivity index (χ0v) is 15.7. The predicted octanol–water partition coefficient (Wildman–Crippen LogP) is 3.25. The molecule has 2 N–H and O–H groups in total. The highest BCUT2D eigenvalue weighted by Crippen LogP contribution is 2.38. The highest BCUT2D eigenvalue weighted by atomic mass is 16.5. The number of carbonyl (C=O) groups excluding carboxylic acids is 1. The average molecular weight is 366 g/mol. The molecule has 1 amide bonds. The molecule has 1 aliphatic rings. The Morgan fingerprint density at radius 2 is 2.19 bits per heavy atom. The van der Waals surface area contributed by atoms with Crippen LogP contribution in [0.5, 0.6) is 11.5 Å². The zero-order chi connectivity index (χ0) is 19.2. The minimum Gasteiger partial charge on any atom is -0.504 e. The first kappa shape index (κ1) is 19.0. The number of benzene rings is 2. The summed E-state index contributed by atoms with van der Waals surface area (Å²) >= 11 is 0. The van der Waals surface area contributed by atoms with Gasteiger partial charge in [0.2, 0.25) is 5.91 Å². The number of nitrogens with one attached hydrogen (secondary N) is 1. The van der Waals surface area contributed by atoms with Crippen LogP contribution in [0, 0.1) is 6.92 Å². The third kappa shape index (κ3) is 4.68. The summed E-state index contributed by atoms with van der Waals surface area (Å²) in [6.45, 7) is 8.62. The van der Waals surface area contributed by atoms with E-state index < -0.39 is 0 Å². The number of fused-ring (bicyclic) bond motifs is 1. The monoisotopic (exact) mass is 366 g/mol. The van der Waals surface area contributed by atoms with Crippen molar-refractivity contribution in [3.8, 4) is 22.6 Å². The number of amides is 1. The van der Waals surface area contributed by atoms with E-state index in [0.29, 0.717) is 45.0 Å². The van der Waals surface area contributed by atoms with Gasteiger partial charge in [-0.1, -0.05) is 30.3 Å². The first-order chi connectivity index (χ1) is 13.1. The van der Waals surface area contributed by atoms with Crippen LogP contribution in [-0.2, 0) is 11.3 Å². The fourth-order valence-electron chi connectivity index (χ4n) is 3.33. The standard InChI is InChI=1S/C22H26N2O3/c1-3-9-23-21(26)8-10-24-11-12-27-22-18(15-24)13-17(14-20(22)25)19-7-5-4-6-16(19)2/h3-7,13-14,25H,1,8-12,15H2,2H3,(H,23,26). The van der Waals surface area contributed by atoms with Crippen LogP contribution in [-0.4, -0.2) is 42.2 Å². The molecule has 0 radical (unpaired) electrons. The van der Waals surface area contributed by atoms with Crippen molar-refractivity contribution < 1.29 is 14.6 Å². The summed E-state index contributed by atoms with van der Waals surface area (Å²) in [6.07, 6.45) is 2.09. The van der Waals surface area contributed by atoms with E-state index in [1.165, 1.54) is 0 Å². The Kier molecular flexibility index (Phi) is 6.14. The largest absolute Gasteiger partial charge is 0.504 e. The van der Waals surface area contributed by atoms with Gasteiger partial charge in [-0.25, -0.2) is 0 Å². The number of nitrogens with zero attached hydrogens (tertiary/aromatic N) is 1. The number of aryl methyl sites for hydroxylation is 1. The van der Waals surface area contributed by atoms with E-state index in [1.54, 1.807) is 12.1 Å². The maximum Gasteiger partial charge on any atom is 0.221 e. The molecule has 142 valence electrons. The lowest BCUT2D eigenvalue weighted by Gasteiger charge is -2.19. The van der Waals surface area contributed by atoms with Crippen molar-refractivity contribution in [1.82, 2.24) is 10.2 Å². The van der Waals surface area contributed by atoms with Crippen LogP contribution in [0.3, 0.4) is 0 Å². The van der Waals surface area contributed by atoms with Crippen molar-refractivity contribution in [1.29, 1.82) is 0 Å². The van der Waals surface area contributed by atoms with Crippen molar-refractivity contribution in [2.45, 2.75) is 19.9 Å². The summed E-state index contributed by atoms with van der Waals surface area (Å²) in [7, 11) is 0. The second kappa shape index (κ2) is 8.73. The number of phenols is 1. The van der Waals surface area contributed by atoms with Gasteiger partial charge < -0.3 is 15.2 Å². The molecule has 5 nitrogen and oxygen atoms in total. The first-order valence-corrected chi connectivity index (χ1v) is 9.23. The fourth-order valence-corrected chi connectivity index (χ4v) is 3.33. The van der Waals surface area contributed by atoms with Crippen molar-refractivity contribution in [3.05, 3.63) is 60.2 Å². The smallest absolute Gasteiger partial charge is 0.221 e. The number of carbonyl (C=O) groups is 1. The summed E-state index contributed by atoms with van der Waals surface area (Å²) < 4.78 is 5.80. The Hall–Kier alpha value is -2.79. The van der Waals surface area contributed by atoms with Crippen LogP contribution in [0.15, 0.2) is 49.1 Å². The zero-order valence-electron chi connectivity index (χ0n) is 15.7. The molecule has 0 aromatic heterocycles. The van der Waals surface area contributed by atoms with E-state index in [1.807, 2.05) is 12.1 Å². The second-order valence-electron chi connectivity index (χ2n) is 6.77. The van der Waals surface area contributed by atoms with Gasteiger partial charge in [0.05, 0.1) is 0 Å². The van der Waals surface area contributed by atoms with Crippen molar-refractivity contribution in [2.75, 3.05) is 26.2 Å². The number of ether oxygens (including phenoxy) is 1. The number of aromatic hydroxyl groups is 1. The Morgan fingerprint density at radius 3 is 2.96 bits per heavy atom. The van der Waals surface area contributed by atoms with E-state index in [0.717, 1.165) is 22.3 Å². The molecule has 2 aromatic carbocycles. The van der Waals surface area contributed by atoms with Gasteiger partial charge in [0.1, 0.15) is 6.61 Å². The number of hydrogen-bond donors (Lipinski definition) is 2. The van der Waals surface area contributed by atoms with E-state index in [9.17, 15) is 9.90 Å². The van der Waals surface area contributed by atoms with Gasteiger partial charge in [0, 0.05) is 38.2 Å². The minimum atomic E-state index is 0.0109. The van der Waals surface area contributed by atoms with Crippen LogP contribution in [0.4, 0.5) is 0 Å². The third-order valence-corrected chi connectivity index (χ3v) is 4.75. The maximum absolute atomic E-state index is 11.9. The van der Waals surface area contributed by atoms with Crippen LogP contribution in [0.25, 0.3) is 11.1 Å². The molecule has 0 atom stereocenters. The Morgan fingerprint density at radius 1 is 1.37 bits per heavy atom. The molecule has 0 saturated carbocycles. The molecule has 0 saturated heterocycles. The van der Waals surface area contributed by atoms with Gasteiger partial charge in [0.25, 0.3) is 0 Å². The molecule has 1 heterocycles. The maximum atomic E-state index is 11.9. The molecule has 3 rings (SSSR count). The highest BCUT2D eigenvalue weighted by molar-refractivity contribution is 5.76. The van der Waals surface area contributed by atoms with Gasteiger partial charge >= 0.3 is 0 Å². The highest BCUT2D eigenvalue weighted by Gasteiger charge is 2.20. The molecule has 1 aliphatic heterocycles. The molecule has 0 unspecified atom stereocenters. The van der Waals surface area contributed by atoms with Crippen molar-refractivity contribution in [3.63, 3.8) is 0 Å². The molecule has 27 heavy (non-hydrogen) atoms. The summed E-state index contributed by atoms with van der Waals surface area (Å²) in [5.74, 6) is 0.721. The van der Waals surface area contributed by atoms with Crippen LogP contribution < -0.4 is 10.1 Å². The molecular formula is C22H26N2O3. The molecular weight excluding hydrogens is 340 g/mol. The fraction of sp³-hybridized carbons (Fsp3) is 0.318. The van der Waals surface area contributed by atoms with E-state index in [2.05, 4.69) is 41.9 Å². The Bertz CT molecular complexity index is 832. The van der Waals surface area contributed by atoms with Gasteiger partial charge in [-0.15, -0.1) is 6.58 Å². The van der Waals surface area contributed by atoms with Crippen molar-refractivity contribution in [2.24, 2.45) is 0 Å². The molecule has 0 aliphatic carbocycles. The first-order valence-electron chi connectivity index (χ1n) is 9.23. The Balaban J connectivity index is 1.79. The normalized spacial score (nSPS) is 14.0. The predicted molar refractivity (Wildman–Crippen MR) is 107 cm³/mol. The van der Waals surface area contributed by atoms with Gasteiger partial charge in [0.15, 0.2) is 11.5 Å².